The van der Waals surface area contributed by atoms with Crippen LogP contribution in [0.15, 0.2) is 53.4 Å². The van der Waals surface area contributed by atoms with E-state index in [9.17, 15) is 5.11 Å². The second kappa shape index (κ2) is 6.73. The van der Waals surface area contributed by atoms with Crippen molar-refractivity contribution in [2.45, 2.75) is 29.9 Å². The largest absolute Gasteiger partial charge is 0.490 e. The summed E-state index contributed by atoms with van der Waals surface area (Å²) < 4.78 is 5.76. The van der Waals surface area contributed by atoms with Crippen molar-refractivity contribution in [2.75, 3.05) is 5.75 Å². The van der Waals surface area contributed by atoms with Gasteiger partial charge in [0.1, 0.15) is 5.75 Å². The number of halogens is 1. The zero-order valence-electron chi connectivity index (χ0n) is 11.5. The molecule has 1 N–H and O–H groups in total. The maximum atomic E-state index is 10.3. The zero-order chi connectivity index (χ0) is 14.7. The fraction of sp³-hybridized carbons (Fsp3) is 0.294. The number of aliphatic hydroxyl groups excluding tert-OH is 1. The number of aliphatic hydroxyl groups is 1. The van der Waals surface area contributed by atoms with Gasteiger partial charge in [0.15, 0.2) is 0 Å². The molecule has 4 heteroatoms. The molecule has 0 aliphatic heterocycles. The monoisotopic (exact) mass is 320 g/mol. The molecule has 0 radical (unpaired) electrons. The minimum Gasteiger partial charge on any atom is -0.490 e. The van der Waals surface area contributed by atoms with Crippen LogP contribution in [0, 0.1) is 0 Å². The lowest BCUT2D eigenvalue weighted by Crippen LogP contribution is -2.02. The molecular formula is C17H17ClO2S. The summed E-state index contributed by atoms with van der Waals surface area (Å²) in [5, 5.41) is 11.0. The molecule has 0 heterocycles. The molecule has 0 aromatic heterocycles. The SMILES string of the molecule is OC(CSc1ccc(Cl)cc1)c1cccc(OC2CC2)c1. The number of hydrogen-bond acceptors (Lipinski definition) is 3. The Bertz CT molecular complexity index is 596. The first kappa shape index (κ1) is 14.8. The molecule has 2 aromatic rings. The fourth-order valence-electron chi connectivity index (χ4n) is 1.98. The smallest absolute Gasteiger partial charge is 0.120 e. The van der Waals surface area contributed by atoms with Crippen LogP contribution in [0.2, 0.25) is 5.02 Å². The summed E-state index contributed by atoms with van der Waals surface area (Å²) in [6.07, 6.45) is 2.15. The third kappa shape index (κ3) is 4.40. The van der Waals surface area contributed by atoms with Gasteiger partial charge in [0.25, 0.3) is 0 Å². The van der Waals surface area contributed by atoms with Gasteiger partial charge in [-0.05, 0) is 54.8 Å². The second-order valence-corrected chi connectivity index (χ2v) is 6.70. The van der Waals surface area contributed by atoms with Crippen molar-refractivity contribution >= 4 is 23.4 Å². The Kier molecular flexibility index (Phi) is 4.73. The Morgan fingerprint density at radius 2 is 1.95 bits per heavy atom. The molecule has 0 bridgehead atoms. The van der Waals surface area contributed by atoms with Crippen LogP contribution in [0.3, 0.4) is 0 Å². The molecule has 110 valence electrons. The maximum absolute atomic E-state index is 10.3. The minimum atomic E-state index is -0.506. The van der Waals surface area contributed by atoms with Gasteiger partial charge in [0.05, 0.1) is 12.2 Å². The molecule has 1 saturated carbocycles. The van der Waals surface area contributed by atoms with Crippen LogP contribution < -0.4 is 4.74 Å². The normalized spacial score (nSPS) is 15.7. The van der Waals surface area contributed by atoms with Crippen molar-refractivity contribution in [3.63, 3.8) is 0 Å². The van der Waals surface area contributed by atoms with Crippen LogP contribution in [0.4, 0.5) is 0 Å². The fourth-order valence-corrected chi connectivity index (χ4v) is 2.97. The molecule has 3 rings (SSSR count). The predicted molar refractivity (Wildman–Crippen MR) is 87.2 cm³/mol. The summed E-state index contributed by atoms with van der Waals surface area (Å²) >= 11 is 7.48. The lowest BCUT2D eigenvalue weighted by Gasteiger charge is -2.12. The van der Waals surface area contributed by atoms with Gasteiger partial charge in [-0.2, -0.15) is 0 Å². The predicted octanol–water partition coefficient (Wildman–Crippen LogP) is 4.71. The van der Waals surface area contributed by atoms with E-state index >= 15 is 0 Å². The summed E-state index contributed by atoms with van der Waals surface area (Å²) in [4.78, 5) is 1.10. The molecule has 1 aliphatic rings. The van der Waals surface area contributed by atoms with Crippen molar-refractivity contribution < 1.29 is 9.84 Å². The highest BCUT2D eigenvalue weighted by Gasteiger charge is 2.23. The van der Waals surface area contributed by atoms with E-state index in [1.165, 1.54) is 0 Å². The molecule has 1 unspecified atom stereocenters. The molecule has 0 spiro atoms. The van der Waals surface area contributed by atoms with Crippen LogP contribution in [0.5, 0.6) is 5.75 Å². The van der Waals surface area contributed by atoms with Crippen molar-refractivity contribution in [1.29, 1.82) is 0 Å². The van der Waals surface area contributed by atoms with Gasteiger partial charge in [0.2, 0.25) is 0 Å². The molecule has 0 saturated heterocycles. The Labute approximate surface area is 134 Å². The number of ether oxygens (including phenoxy) is 1. The summed E-state index contributed by atoms with van der Waals surface area (Å²) in [5.74, 6) is 1.46. The summed E-state index contributed by atoms with van der Waals surface area (Å²) in [6, 6.07) is 15.4. The summed E-state index contributed by atoms with van der Waals surface area (Å²) in [5.41, 5.74) is 0.898. The molecule has 0 amide bonds. The first-order valence-corrected chi connectivity index (χ1v) is 8.40. The van der Waals surface area contributed by atoms with Crippen molar-refractivity contribution in [1.82, 2.24) is 0 Å². The van der Waals surface area contributed by atoms with Gasteiger partial charge >= 0.3 is 0 Å². The summed E-state index contributed by atoms with van der Waals surface area (Å²) in [6.45, 7) is 0. The van der Waals surface area contributed by atoms with E-state index < -0.39 is 6.10 Å². The molecule has 1 atom stereocenters. The van der Waals surface area contributed by atoms with Crippen molar-refractivity contribution in [2.24, 2.45) is 0 Å². The Hall–Kier alpha value is -1.16. The number of hydrogen-bond donors (Lipinski definition) is 1. The molecule has 2 nitrogen and oxygen atoms in total. The van der Waals surface area contributed by atoms with Crippen LogP contribution in [0.25, 0.3) is 0 Å². The van der Waals surface area contributed by atoms with E-state index in [0.29, 0.717) is 11.9 Å². The van der Waals surface area contributed by atoms with Gasteiger partial charge in [-0.15, -0.1) is 11.8 Å². The van der Waals surface area contributed by atoms with E-state index in [4.69, 9.17) is 16.3 Å². The van der Waals surface area contributed by atoms with Crippen LogP contribution >= 0.6 is 23.4 Å². The van der Waals surface area contributed by atoms with Crippen molar-refractivity contribution in [3.05, 3.63) is 59.1 Å². The van der Waals surface area contributed by atoms with E-state index in [1.54, 1.807) is 11.8 Å². The average molecular weight is 321 g/mol. The first-order valence-electron chi connectivity index (χ1n) is 7.04. The highest BCUT2D eigenvalue weighted by Crippen LogP contribution is 2.30. The lowest BCUT2D eigenvalue weighted by molar-refractivity contribution is 0.203. The second-order valence-electron chi connectivity index (χ2n) is 5.17. The third-order valence-corrected chi connectivity index (χ3v) is 4.63. The van der Waals surface area contributed by atoms with E-state index in [-0.39, 0.29) is 0 Å². The van der Waals surface area contributed by atoms with Gasteiger partial charge in [0, 0.05) is 15.7 Å². The number of benzene rings is 2. The van der Waals surface area contributed by atoms with E-state index in [0.717, 1.165) is 34.1 Å². The average Bonchev–Trinajstić information content (AvgIpc) is 3.30. The first-order chi connectivity index (χ1) is 10.2. The highest BCUT2D eigenvalue weighted by molar-refractivity contribution is 7.99. The zero-order valence-corrected chi connectivity index (χ0v) is 13.1. The van der Waals surface area contributed by atoms with Crippen LogP contribution in [-0.4, -0.2) is 17.0 Å². The Morgan fingerprint density at radius 1 is 1.19 bits per heavy atom. The Balaban J connectivity index is 1.58. The molecule has 1 fully saturated rings. The van der Waals surface area contributed by atoms with Gasteiger partial charge in [-0.25, -0.2) is 0 Å². The van der Waals surface area contributed by atoms with Crippen molar-refractivity contribution in [3.8, 4) is 5.75 Å². The molecule has 21 heavy (non-hydrogen) atoms. The van der Waals surface area contributed by atoms with Gasteiger partial charge < -0.3 is 9.84 Å². The summed E-state index contributed by atoms with van der Waals surface area (Å²) in [7, 11) is 0. The van der Waals surface area contributed by atoms with Crippen LogP contribution in [0.1, 0.15) is 24.5 Å². The topological polar surface area (TPSA) is 29.5 Å². The maximum Gasteiger partial charge on any atom is 0.120 e. The highest BCUT2D eigenvalue weighted by atomic mass is 35.5. The molecule has 1 aliphatic carbocycles. The van der Waals surface area contributed by atoms with E-state index in [2.05, 4.69) is 0 Å². The molecular weight excluding hydrogens is 304 g/mol. The standard InChI is InChI=1S/C17H17ClO2S/c18-13-4-8-16(9-5-13)21-11-17(19)12-2-1-3-15(10-12)20-14-6-7-14/h1-5,8-10,14,17,19H,6-7,11H2. The minimum absolute atomic E-state index is 0.376. The lowest BCUT2D eigenvalue weighted by atomic mass is 10.1. The van der Waals surface area contributed by atoms with E-state index in [1.807, 2.05) is 48.5 Å². The van der Waals surface area contributed by atoms with Gasteiger partial charge in [-0.1, -0.05) is 23.7 Å². The van der Waals surface area contributed by atoms with Crippen LogP contribution in [-0.2, 0) is 0 Å². The molecule has 2 aromatic carbocycles. The number of rotatable bonds is 6. The Morgan fingerprint density at radius 3 is 2.67 bits per heavy atom. The number of thioether (sulfide) groups is 1. The third-order valence-electron chi connectivity index (χ3n) is 3.29. The van der Waals surface area contributed by atoms with Gasteiger partial charge in [-0.3, -0.25) is 0 Å². The quantitative estimate of drug-likeness (QED) is 0.782.